The first-order valence-electron chi connectivity index (χ1n) is 6.06. The molecule has 0 saturated carbocycles. The van der Waals surface area contributed by atoms with Crippen LogP contribution >= 0.6 is 15.9 Å². The van der Waals surface area contributed by atoms with E-state index in [1.54, 1.807) is 0 Å². The van der Waals surface area contributed by atoms with Crippen LogP contribution in [0.15, 0.2) is 40.9 Å². The molecular formula is C15H14BrF2N. The first kappa shape index (κ1) is 14.0. The van der Waals surface area contributed by atoms with E-state index in [1.807, 2.05) is 24.3 Å². The fourth-order valence-electron chi connectivity index (χ4n) is 1.75. The highest BCUT2D eigenvalue weighted by atomic mass is 79.9. The third kappa shape index (κ3) is 3.53. The van der Waals surface area contributed by atoms with E-state index in [0.717, 1.165) is 24.1 Å². The van der Waals surface area contributed by atoms with Gasteiger partial charge in [0.15, 0.2) is 0 Å². The van der Waals surface area contributed by atoms with Crippen molar-refractivity contribution in [2.24, 2.45) is 0 Å². The topological polar surface area (TPSA) is 12.0 Å². The van der Waals surface area contributed by atoms with Gasteiger partial charge in [0.2, 0.25) is 0 Å². The lowest BCUT2D eigenvalue weighted by Crippen LogP contribution is -2.02. The van der Waals surface area contributed by atoms with Gasteiger partial charge in [0.1, 0.15) is 11.6 Å². The summed E-state index contributed by atoms with van der Waals surface area (Å²) in [6.07, 6.45) is 0.986. The van der Waals surface area contributed by atoms with E-state index in [4.69, 9.17) is 0 Å². The van der Waals surface area contributed by atoms with Gasteiger partial charge in [-0.05, 0) is 39.5 Å². The summed E-state index contributed by atoms with van der Waals surface area (Å²) in [6.45, 7) is 2.55. The average molecular weight is 326 g/mol. The zero-order valence-electron chi connectivity index (χ0n) is 10.5. The zero-order chi connectivity index (χ0) is 13.8. The van der Waals surface area contributed by atoms with Crippen LogP contribution in [0.25, 0.3) is 0 Å². The number of halogens is 3. The van der Waals surface area contributed by atoms with Gasteiger partial charge in [0, 0.05) is 12.6 Å². The minimum atomic E-state index is -0.481. The second-order valence-electron chi connectivity index (χ2n) is 4.27. The molecule has 2 rings (SSSR count). The minimum Gasteiger partial charge on any atom is -0.379 e. The fraction of sp³-hybridized carbons (Fsp3) is 0.200. The minimum absolute atomic E-state index is 0.128. The van der Waals surface area contributed by atoms with Crippen molar-refractivity contribution < 1.29 is 8.78 Å². The van der Waals surface area contributed by atoms with Crippen molar-refractivity contribution in [3.8, 4) is 0 Å². The number of anilines is 1. The number of benzene rings is 2. The normalized spacial score (nSPS) is 10.5. The standard InChI is InChI=1S/C15H14BrF2N/c1-2-10-3-5-11(6-4-10)9-19-15-8-13(17)12(16)7-14(15)18/h3-8,19H,2,9H2,1H3. The number of aryl methyl sites for hydroxylation is 1. The highest BCUT2D eigenvalue weighted by Gasteiger charge is 2.07. The summed E-state index contributed by atoms with van der Waals surface area (Å²) in [6, 6.07) is 10.3. The monoisotopic (exact) mass is 325 g/mol. The molecule has 0 aliphatic rings. The summed E-state index contributed by atoms with van der Waals surface area (Å²) in [5.74, 6) is -0.955. The second kappa shape index (κ2) is 6.15. The molecule has 0 aliphatic heterocycles. The SMILES string of the molecule is CCc1ccc(CNc2cc(F)c(Br)cc2F)cc1. The Kier molecular flexibility index (Phi) is 4.53. The van der Waals surface area contributed by atoms with Gasteiger partial charge < -0.3 is 5.32 Å². The van der Waals surface area contributed by atoms with Gasteiger partial charge >= 0.3 is 0 Å². The van der Waals surface area contributed by atoms with Crippen LogP contribution in [0.2, 0.25) is 0 Å². The van der Waals surface area contributed by atoms with Crippen LogP contribution in [0.3, 0.4) is 0 Å². The quantitative estimate of drug-likeness (QED) is 0.788. The summed E-state index contributed by atoms with van der Waals surface area (Å²) in [5, 5.41) is 2.90. The largest absolute Gasteiger partial charge is 0.379 e. The Hall–Kier alpha value is -1.42. The predicted octanol–water partition coefficient (Wildman–Crippen LogP) is 4.90. The van der Waals surface area contributed by atoms with Crippen LogP contribution < -0.4 is 5.32 Å². The lowest BCUT2D eigenvalue weighted by molar-refractivity contribution is 0.596. The van der Waals surface area contributed by atoms with E-state index in [9.17, 15) is 8.78 Å². The van der Waals surface area contributed by atoms with Crippen LogP contribution in [-0.2, 0) is 13.0 Å². The highest BCUT2D eigenvalue weighted by molar-refractivity contribution is 9.10. The van der Waals surface area contributed by atoms with Crippen LogP contribution in [0.1, 0.15) is 18.1 Å². The summed E-state index contributed by atoms with van der Waals surface area (Å²) >= 11 is 2.95. The van der Waals surface area contributed by atoms with Crippen LogP contribution in [0.4, 0.5) is 14.5 Å². The number of nitrogens with one attached hydrogen (secondary N) is 1. The Morgan fingerprint density at radius 2 is 1.63 bits per heavy atom. The molecule has 0 spiro atoms. The van der Waals surface area contributed by atoms with Gasteiger partial charge in [-0.2, -0.15) is 0 Å². The summed E-state index contributed by atoms with van der Waals surface area (Å²) in [4.78, 5) is 0. The summed E-state index contributed by atoms with van der Waals surface area (Å²) in [5.41, 5.74) is 2.45. The molecule has 0 amide bonds. The van der Waals surface area contributed by atoms with Gasteiger partial charge in [0.05, 0.1) is 10.2 Å². The molecule has 0 saturated heterocycles. The molecule has 0 unspecified atom stereocenters. The average Bonchev–Trinajstić information content (AvgIpc) is 2.42. The molecule has 0 heterocycles. The maximum atomic E-state index is 13.6. The third-order valence-corrected chi connectivity index (χ3v) is 3.53. The highest BCUT2D eigenvalue weighted by Crippen LogP contribution is 2.23. The molecular weight excluding hydrogens is 312 g/mol. The van der Waals surface area contributed by atoms with Crippen LogP contribution in [0.5, 0.6) is 0 Å². The fourth-order valence-corrected chi connectivity index (χ4v) is 2.06. The Bertz CT molecular complexity index is 567. The predicted molar refractivity (Wildman–Crippen MR) is 77.2 cm³/mol. The second-order valence-corrected chi connectivity index (χ2v) is 5.12. The molecule has 0 atom stereocenters. The van der Waals surface area contributed by atoms with E-state index in [-0.39, 0.29) is 10.2 Å². The van der Waals surface area contributed by atoms with E-state index >= 15 is 0 Å². The van der Waals surface area contributed by atoms with Crippen molar-refractivity contribution in [1.82, 2.24) is 0 Å². The van der Waals surface area contributed by atoms with E-state index < -0.39 is 11.6 Å². The van der Waals surface area contributed by atoms with E-state index in [1.165, 1.54) is 5.56 Å². The lowest BCUT2D eigenvalue weighted by Gasteiger charge is -2.09. The third-order valence-electron chi connectivity index (χ3n) is 2.92. The molecule has 2 aromatic carbocycles. The molecule has 100 valence electrons. The number of rotatable bonds is 4. The molecule has 2 aromatic rings. The maximum absolute atomic E-state index is 13.6. The molecule has 1 N–H and O–H groups in total. The Labute approximate surface area is 119 Å². The smallest absolute Gasteiger partial charge is 0.147 e. The molecule has 0 bridgehead atoms. The van der Waals surface area contributed by atoms with Crippen molar-refractivity contribution in [3.63, 3.8) is 0 Å². The summed E-state index contributed by atoms with van der Waals surface area (Å²) < 4.78 is 27.1. The first-order chi connectivity index (χ1) is 9.10. The molecule has 1 nitrogen and oxygen atoms in total. The molecule has 19 heavy (non-hydrogen) atoms. The van der Waals surface area contributed by atoms with Crippen LogP contribution in [0, 0.1) is 11.6 Å². The Morgan fingerprint density at radius 1 is 1.00 bits per heavy atom. The van der Waals surface area contributed by atoms with Gasteiger partial charge in [-0.1, -0.05) is 31.2 Å². The van der Waals surface area contributed by atoms with Gasteiger partial charge in [-0.3, -0.25) is 0 Å². The molecule has 0 radical (unpaired) electrons. The van der Waals surface area contributed by atoms with Crippen LogP contribution in [-0.4, -0.2) is 0 Å². The van der Waals surface area contributed by atoms with Crippen molar-refractivity contribution in [2.45, 2.75) is 19.9 Å². The molecule has 0 aliphatic carbocycles. The van der Waals surface area contributed by atoms with Gasteiger partial charge in [-0.25, -0.2) is 8.78 Å². The molecule has 0 fully saturated rings. The van der Waals surface area contributed by atoms with Gasteiger partial charge in [-0.15, -0.1) is 0 Å². The Morgan fingerprint density at radius 3 is 2.26 bits per heavy atom. The van der Waals surface area contributed by atoms with Gasteiger partial charge in [0.25, 0.3) is 0 Å². The van der Waals surface area contributed by atoms with Crippen molar-refractivity contribution in [3.05, 3.63) is 63.6 Å². The Balaban J connectivity index is 2.07. The van der Waals surface area contributed by atoms with Crippen molar-refractivity contribution in [2.75, 3.05) is 5.32 Å². The zero-order valence-corrected chi connectivity index (χ0v) is 12.1. The lowest BCUT2D eigenvalue weighted by atomic mass is 10.1. The molecule has 4 heteroatoms. The van der Waals surface area contributed by atoms with Crippen molar-refractivity contribution >= 4 is 21.6 Å². The number of hydrogen-bond acceptors (Lipinski definition) is 1. The molecule has 0 aromatic heterocycles. The number of hydrogen-bond donors (Lipinski definition) is 1. The summed E-state index contributed by atoms with van der Waals surface area (Å²) in [7, 11) is 0. The van der Waals surface area contributed by atoms with E-state index in [0.29, 0.717) is 6.54 Å². The van der Waals surface area contributed by atoms with E-state index in [2.05, 4.69) is 28.2 Å². The first-order valence-corrected chi connectivity index (χ1v) is 6.85. The maximum Gasteiger partial charge on any atom is 0.147 e. The van der Waals surface area contributed by atoms with Crippen molar-refractivity contribution in [1.29, 1.82) is 0 Å².